The molecule has 0 radical (unpaired) electrons. The van der Waals surface area contributed by atoms with Crippen LogP contribution in [0.3, 0.4) is 0 Å². The van der Waals surface area contributed by atoms with E-state index in [9.17, 15) is 22.7 Å². The van der Waals surface area contributed by atoms with Crippen molar-refractivity contribution in [2.45, 2.75) is 52.1 Å². The number of halogens is 1. The highest BCUT2D eigenvalue weighted by molar-refractivity contribution is 7.89. The molecule has 9 nitrogen and oxygen atoms in total. The van der Waals surface area contributed by atoms with E-state index in [1.807, 2.05) is 32.4 Å². The summed E-state index contributed by atoms with van der Waals surface area (Å²) < 4.78 is 40.7. The first-order valence-corrected chi connectivity index (χ1v) is 13.8. The van der Waals surface area contributed by atoms with Crippen LogP contribution in [0.4, 0.5) is 10.1 Å². The highest BCUT2D eigenvalue weighted by atomic mass is 32.2. The van der Waals surface area contributed by atoms with Crippen molar-refractivity contribution in [3.63, 3.8) is 0 Å². The van der Waals surface area contributed by atoms with E-state index in [-0.39, 0.29) is 17.5 Å². The molecule has 0 bridgehead atoms. The number of carbonyl (C=O) groups excluding carboxylic acids is 1. The maximum Gasteiger partial charge on any atom is 0.283 e. The lowest BCUT2D eigenvalue weighted by atomic mass is 9.83. The van der Waals surface area contributed by atoms with Gasteiger partial charge in [-0.05, 0) is 68.9 Å². The first-order valence-electron chi connectivity index (χ1n) is 11.9. The van der Waals surface area contributed by atoms with Crippen molar-refractivity contribution in [3.05, 3.63) is 47.5 Å². The molecule has 1 amide bonds. The number of fused-ring (bicyclic) bond motifs is 1. The third-order valence-electron chi connectivity index (χ3n) is 6.61. The zero-order chi connectivity index (χ0) is 26.4. The highest BCUT2D eigenvalue weighted by Gasteiger charge is 2.33. The van der Waals surface area contributed by atoms with E-state index in [4.69, 9.17) is 5.10 Å². The normalized spacial score (nSPS) is 15.6. The smallest absolute Gasteiger partial charge is 0.283 e. The quantitative estimate of drug-likeness (QED) is 0.515. The predicted molar refractivity (Wildman–Crippen MR) is 136 cm³/mol. The van der Waals surface area contributed by atoms with Crippen molar-refractivity contribution in [1.82, 2.24) is 19.5 Å². The number of nitrogens with one attached hydrogen (secondary N) is 1. The minimum Gasteiger partial charge on any atom is -0.390 e. The number of hydrogen-bond acceptors (Lipinski definition) is 7. The van der Waals surface area contributed by atoms with E-state index in [0.29, 0.717) is 24.4 Å². The maximum absolute atomic E-state index is 13.6. The Bertz CT molecular complexity index is 1390. The average molecular weight is 518 g/mol. The van der Waals surface area contributed by atoms with Gasteiger partial charge in [-0.1, -0.05) is 13.8 Å². The molecular formula is C25H32FN5O4S. The van der Waals surface area contributed by atoms with Gasteiger partial charge in [0.1, 0.15) is 11.5 Å². The van der Waals surface area contributed by atoms with E-state index >= 15 is 0 Å². The Labute approximate surface area is 210 Å². The van der Waals surface area contributed by atoms with Crippen LogP contribution < -0.4 is 9.62 Å². The SMILES string of the molecule is CC(C)c1nn(-c2ccc(F)cc2)c2nc(C(=O)NS(C)(=O)=O)cc(N3CCC(C(C)(C)O)CC3)c12. The maximum atomic E-state index is 13.6. The summed E-state index contributed by atoms with van der Waals surface area (Å²) in [7, 11) is -3.81. The summed E-state index contributed by atoms with van der Waals surface area (Å²) >= 11 is 0. The minimum absolute atomic E-state index is 0.0133. The van der Waals surface area contributed by atoms with Crippen molar-refractivity contribution in [2.24, 2.45) is 5.92 Å². The van der Waals surface area contributed by atoms with Crippen LogP contribution in [0.5, 0.6) is 0 Å². The van der Waals surface area contributed by atoms with Crippen molar-refractivity contribution >= 4 is 32.7 Å². The van der Waals surface area contributed by atoms with Crippen LogP contribution in [0, 0.1) is 11.7 Å². The molecule has 0 aliphatic carbocycles. The summed E-state index contributed by atoms with van der Waals surface area (Å²) in [6.07, 6.45) is 2.41. The van der Waals surface area contributed by atoms with E-state index in [0.717, 1.165) is 35.9 Å². The van der Waals surface area contributed by atoms with Crippen LogP contribution in [0.1, 0.15) is 62.6 Å². The summed E-state index contributed by atoms with van der Waals surface area (Å²) in [5, 5.41) is 16.0. The molecule has 0 saturated carbocycles. The molecular weight excluding hydrogens is 485 g/mol. The van der Waals surface area contributed by atoms with E-state index in [1.165, 1.54) is 12.1 Å². The third-order valence-corrected chi connectivity index (χ3v) is 7.16. The Hall–Kier alpha value is -3.05. The Morgan fingerprint density at radius 3 is 2.33 bits per heavy atom. The number of amides is 1. The number of carbonyl (C=O) groups is 1. The molecule has 1 aliphatic rings. The fourth-order valence-corrected chi connectivity index (χ4v) is 5.14. The van der Waals surface area contributed by atoms with Gasteiger partial charge >= 0.3 is 0 Å². The molecule has 4 rings (SSSR count). The van der Waals surface area contributed by atoms with Gasteiger partial charge in [0, 0.05) is 13.1 Å². The molecule has 2 N–H and O–H groups in total. The standard InChI is InChI=1S/C25H32FN5O4S/c1-15(2)22-21-20(30-12-10-16(11-13-30)25(3,4)33)14-19(24(32)29-36(5,34)35)27-23(21)31(28-22)18-8-6-17(26)7-9-18/h6-9,14-16,33H,10-13H2,1-5H3,(H,29,32). The molecule has 1 fully saturated rings. The van der Waals surface area contributed by atoms with Crippen molar-refractivity contribution < 1.29 is 22.7 Å². The molecule has 1 aliphatic heterocycles. The number of piperidine rings is 1. The monoisotopic (exact) mass is 517 g/mol. The molecule has 1 aromatic carbocycles. The number of rotatable bonds is 6. The molecule has 36 heavy (non-hydrogen) atoms. The second-order valence-electron chi connectivity index (χ2n) is 10.3. The number of aromatic nitrogens is 3. The number of hydrogen-bond donors (Lipinski definition) is 2. The molecule has 0 spiro atoms. The Morgan fingerprint density at radius 1 is 1.19 bits per heavy atom. The molecule has 3 heterocycles. The van der Waals surface area contributed by atoms with Gasteiger partial charge in [0.25, 0.3) is 5.91 Å². The zero-order valence-corrected chi connectivity index (χ0v) is 21.9. The van der Waals surface area contributed by atoms with Gasteiger partial charge in [0.05, 0.1) is 34.3 Å². The fraction of sp³-hybridized carbons (Fsp3) is 0.480. The first kappa shape index (κ1) is 26.0. The Kier molecular flexibility index (Phi) is 6.82. The lowest BCUT2D eigenvalue weighted by molar-refractivity contribution is 0.00653. The van der Waals surface area contributed by atoms with E-state index < -0.39 is 27.3 Å². The van der Waals surface area contributed by atoms with E-state index in [2.05, 4.69) is 9.88 Å². The number of nitrogens with zero attached hydrogens (tertiary/aromatic N) is 4. The number of sulfonamides is 1. The van der Waals surface area contributed by atoms with Crippen molar-refractivity contribution in [3.8, 4) is 5.69 Å². The highest BCUT2D eigenvalue weighted by Crippen LogP contribution is 2.38. The lowest BCUT2D eigenvalue weighted by Gasteiger charge is -2.39. The summed E-state index contributed by atoms with van der Waals surface area (Å²) in [5.41, 5.74) is 1.57. The van der Waals surface area contributed by atoms with Gasteiger partial charge in [-0.25, -0.2) is 27.2 Å². The summed E-state index contributed by atoms with van der Waals surface area (Å²) in [4.78, 5) is 19.5. The number of benzene rings is 1. The number of aliphatic hydroxyl groups is 1. The molecule has 11 heteroatoms. The Morgan fingerprint density at radius 2 is 1.81 bits per heavy atom. The largest absolute Gasteiger partial charge is 0.390 e. The molecule has 0 atom stereocenters. The second kappa shape index (κ2) is 9.44. The topological polar surface area (TPSA) is 117 Å². The van der Waals surface area contributed by atoms with Crippen LogP contribution in [0.15, 0.2) is 30.3 Å². The molecule has 0 unspecified atom stereocenters. The van der Waals surface area contributed by atoms with Gasteiger partial charge in [0.15, 0.2) is 5.65 Å². The van der Waals surface area contributed by atoms with Crippen LogP contribution in [-0.4, -0.2) is 59.1 Å². The second-order valence-corrected chi connectivity index (χ2v) is 12.0. The molecule has 2 aromatic heterocycles. The fourth-order valence-electron chi connectivity index (χ4n) is 4.70. The zero-order valence-electron chi connectivity index (χ0n) is 21.1. The summed E-state index contributed by atoms with van der Waals surface area (Å²) in [6, 6.07) is 7.40. The molecule has 3 aromatic rings. The van der Waals surface area contributed by atoms with Gasteiger partial charge in [0.2, 0.25) is 10.0 Å². The molecule has 194 valence electrons. The van der Waals surface area contributed by atoms with Gasteiger partial charge in [-0.15, -0.1) is 0 Å². The minimum atomic E-state index is -3.81. The van der Waals surface area contributed by atoms with Gasteiger partial charge in [-0.2, -0.15) is 5.10 Å². The number of pyridine rings is 1. The summed E-state index contributed by atoms with van der Waals surface area (Å²) in [5.74, 6) is -1.09. The first-order chi connectivity index (χ1) is 16.7. The van der Waals surface area contributed by atoms with Crippen molar-refractivity contribution in [2.75, 3.05) is 24.2 Å². The average Bonchev–Trinajstić information content (AvgIpc) is 3.17. The molecule has 1 saturated heterocycles. The number of anilines is 1. The van der Waals surface area contributed by atoms with Crippen LogP contribution >= 0.6 is 0 Å². The van der Waals surface area contributed by atoms with Crippen LogP contribution in [0.25, 0.3) is 16.7 Å². The van der Waals surface area contributed by atoms with Crippen molar-refractivity contribution in [1.29, 1.82) is 0 Å². The van der Waals surface area contributed by atoms with E-state index in [1.54, 1.807) is 22.9 Å². The Balaban J connectivity index is 1.92. The third kappa shape index (κ3) is 5.36. The predicted octanol–water partition coefficient (Wildman–Crippen LogP) is 3.36. The van der Waals surface area contributed by atoms with Crippen LogP contribution in [0.2, 0.25) is 0 Å². The lowest BCUT2D eigenvalue weighted by Crippen LogP contribution is -2.42. The van der Waals surface area contributed by atoms with Crippen LogP contribution in [-0.2, 0) is 10.0 Å². The van der Waals surface area contributed by atoms with Gasteiger partial charge < -0.3 is 10.0 Å². The van der Waals surface area contributed by atoms with Gasteiger partial charge in [-0.3, -0.25) is 4.79 Å². The summed E-state index contributed by atoms with van der Waals surface area (Å²) in [6.45, 7) is 8.92.